The molecule has 1 aromatic carbocycles. The summed E-state index contributed by atoms with van der Waals surface area (Å²) in [5.41, 5.74) is 0.0259. The normalized spacial score (nSPS) is 17.6. The Balaban J connectivity index is 2.32. The molecule has 1 aliphatic heterocycles. The first-order valence-electron chi connectivity index (χ1n) is 5.06. The van der Waals surface area contributed by atoms with Crippen molar-refractivity contribution in [2.75, 3.05) is 6.54 Å². The zero-order chi connectivity index (χ0) is 13.6. The van der Waals surface area contributed by atoms with Gasteiger partial charge in [-0.3, -0.25) is 0 Å². The van der Waals surface area contributed by atoms with Gasteiger partial charge in [-0.1, -0.05) is 9.95 Å². The second kappa shape index (κ2) is 4.20. The van der Waals surface area contributed by atoms with Crippen molar-refractivity contribution in [2.24, 2.45) is 0 Å². The number of alkyl halides is 3. The summed E-state index contributed by atoms with van der Waals surface area (Å²) in [6, 6.07) is 3.04. The smallest absolute Gasteiger partial charge is 0.177 e. The first kappa shape index (κ1) is 13.3. The molecule has 0 unspecified atom stereocenters. The molecule has 0 aromatic heterocycles. The molecule has 18 heavy (non-hydrogen) atoms. The Labute approximate surface area is 101 Å². The second-order valence-corrected chi connectivity index (χ2v) is 5.35. The summed E-state index contributed by atoms with van der Waals surface area (Å²) < 4.78 is 72.1. The summed E-state index contributed by atoms with van der Waals surface area (Å²) in [4.78, 5) is 0. The van der Waals surface area contributed by atoms with Gasteiger partial charge < -0.3 is 0 Å². The van der Waals surface area contributed by atoms with E-state index >= 15 is 0 Å². The summed E-state index contributed by atoms with van der Waals surface area (Å²) in [5.74, 6) is 0. The van der Waals surface area contributed by atoms with Crippen molar-refractivity contribution in [2.45, 2.75) is 19.1 Å². The monoisotopic (exact) mass is 283 g/mol. The van der Waals surface area contributed by atoms with Crippen molar-refractivity contribution in [3.05, 3.63) is 34.9 Å². The lowest BCUT2D eigenvalue weighted by Gasteiger charge is -2.25. The zero-order valence-electron chi connectivity index (χ0n) is 9.04. The van der Waals surface area contributed by atoms with Crippen LogP contribution in [-0.2, 0) is 29.6 Å². The van der Waals surface area contributed by atoms with E-state index in [2.05, 4.69) is 0 Å². The fourth-order valence-corrected chi connectivity index (χ4v) is 2.49. The van der Waals surface area contributed by atoms with Crippen LogP contribution in [0.1, 0.15) is 16.7 Å². The molecule has 2 rings (SSSR count). The molecule has 0 spiro atoms. The Morgan fingerprint density at radius 1 is 1.17 bits per heavy atom. The third-order valence-corrected chi connectivity index (χ3v) is 3.75. The maximum Gasteiger partial charge on any atom is 0.416 e. The van der Waals surface area contributed by atoms with Gasteiger partial charge in [-0.25, -0.2) is 0 Å². The highest BCUT2D eigenvalue weighted by molar-refractivity contribution is 7.83. The Morgan fingerprint density at radius 2 is 1.83 bits per heavy atom. The van der Waals surface area contributed by atoms with E-state index in [0.717, 1.165) is 12.1 Å². The summed E-state index contributed by atoms with van der Waals surface area (Å²) in [7, 11) is -4.80. The molecule has 0 fully saturated rings. The molecule has 8 heteroatoms. The van der Waals surface area contributed by atoms with Gasteiger partial charge in [0.1, 0.15) is 0 Å². The molecule has 1 aromatic rings. The topological polar surface area (TPSA) is 37.4 Å². The van der Waals surface area contributed by atoms with Gasteiger partial charge in [-0.15, -0.1) is 0 Å². The van der Waals surface area contributed by atoms with Gasteiger partial charge in [0.05, 0.1) is 5.56 Å². The van der Waals surface area contributed by atoms with Gasteiger partial charge in [-0.2, -0.15) is 25.9 Å². The maximum absolute atomic E-state index is 12.8. The van der Waals surface area contributed by atoms with Gasteiger partial charge in [-0.05, 0) is 29.7 Å². The standard InChI is InChI=1S/C10H9F4NO2S/c11-10(12,13)9-2-1-8-6-15(18(14,16)17)4-3-7(8)5-9/h1-2,5H,3-4,6H2. The molecule has 100 valence electrons. The van der Waals surface area contributed by atoms with E-state index in [4.69, 9.17) is 0 Å². The highest BCUT2D eigenvalue weighted by Gasteiger charge is 2.32. The van der Waals surface area contributed by atoms with Crippen molar-refractivity contribution in [3.8, 4) is 0 Å². The van der Waals surface area contributed by atoms with Crippen LogP contribution in [0.2, 0.25) is 0 Å². The van der Waals surface area contributed by atoms with Crippen LogP contribution < -0.4 is 0 Å². The fraction of sp³-hybridized carbons (Fsp3) is 0.400. The summed E-state index contributed by atoms with van der Waals surface area (Å²) >= 11 is 0. The lowest BCUT2D eigenvalue weighted by atomic mass is 9.98. The Bertz CT molecular complexity index is 568. The second-order valence-electron chi connectivity index (χ2n) is 4.01. The van der Waals surface area contributed by atoms with Crippen LogP contribution in [0.5, 0.6) is 0 Å². The molecule has 0 atom stereocenters. The molecule has 0 bridgehead atoms. The molecule has 0 N–H and O–H groups in total. The van der Waals surface area contributed by atoms with Crippen molar-refractivity contribution in [3.63, 3.8) is 0 Å². The first-order valence-corrected chi connectivity index (χ1v) is 6.41. The number of benzene rings is 1. The van der Waals surface area contributed by atoms with E-state index in [-0.39, 0.29) is 19.5 Å². The minimum atomic E-state index is -4.80. The lowest BCUT2D eigenvalue weighted by molar-refractivity contribution is -0.137. The molecule has 0 radical (unpaired) electrons. The molecular formula is C10H9F4NO2S. The Morgan fingerprint density at radius 3 is 2.39 bits per heavy atom. The fourth-order valence-electron chi connectivity index (χ4n) is 1.89. The largest absolute Gasteiger partial charge is 0.416 e. The maximum atomic E-state index is 12.8. The highest BCUT2D eigenvalue weighted by Crippen LogP contribution is 2.32. The van der Waals surface area contributed by atoms with Crippen molar-refractivity contribution in [1.29, 1.82) is 0 Å². The molecule has 3 nitrogen and oxygen atoms in total. The minimum Gasteiger partial charge on any atom is -0.177 e. The quantitative estimate of drug-likeness (QED) is 0.585. The first-order chi connectivity index (χ1) is 8.18. The third kappa shape index (κ3) is 2.64. The van der Waals surface area contributed by atoms with Gasteiger partial charge >= 0.3 is 16.6 Å². The average Bonchev–Trinajstić information content (AvgIpc) is 2.25. The Kier molecular flexibility index (Phi) is 3.10. The summed E-state index contributed by atoms with van der Waals surface area (Å²) in [6.07, 6.45) is -4.36. The van der Waals surface area contributed by atoms with Crippen LogP contribution in [0, 0.1) is 0 Å². The highest BCUT2D eigenvalue weighted by atomic mass is 32.3. The van der Waals surface area contributed by atoms with Gasteiger partial charge in [0.15, 0.2) is 0 Å². The number of hydrogen-bond donors (Lipinski definition) is 0. The van der Waals surface area contributed by atoms with Crippen LogP contribution in [0.3, 0.4) is 0 Å². The lowest BCUT2D eigenvalue weighted by Crippen LogP contribution is -2.33. The molecule has 0 aliphatic carbocycles. The number of hydrogen-bond acceptors (Lipinski definition) is 2. The summed E-state index contributed by atoms with van der Waals surface area (Å²) in [5, 5.41) is 0. The number of halogens is 4. The van der Waals surface area contributed by atoms with Crippen LogP contribution in [0.4, 0.5) is 17.1 Å². The molecule has 0 saturated carbocycles. The van der Waals surface area contributed by atoms with Crippen molar-refractivity contribution >= 4 is 10.4 Å². The predicted molar refractivity (Wildman–Crippen MR) is 55.6 cm³/mol. The SMILES string of the molecule is O=S(=O)(F)N1CCc2cc(C(F)(F)F)ccc2C1. The van der Waals surface area contributed by atoms with Crippen molar-refractivity contribution < 1.29 is 25.5 Å². The van der Waals surface area contributed by atoms with Gasteiger partial charge in [0.2, 0.25) is 0 Å². The molecule has 1 heterocycles. The predicted octanol–water partition coefficient (Wildman–Crippen LogP) is 2.28. The number of rotatable bonds is 1. The van der Waals surface area contributed by atoms with E-state index in [0.29, 0.717) is 15.4 Å². The molecule has 0 amide bonds. The van der Waals surface area contributed by atoms with Crippen LogP contribution >= 0.6 is 0 Å². The summed E-state index contributed by atoms with van der Waals surface area (Å²) in [6.45, 7) is -0.376. The third-order valence-electron chi connectivity index (χ3n) is 2.82. The average molecular weight is 283 g/mol. The zero-order valence-corrected chi connectivity index (χ0v) is 9.85. The van der Waals surface area contributed by atoms with Crippen molar-refractivity contribution in [1.82, 2.24) is 4.31 Å². The van der Waals surface area contributed by atoms with Crippen LogP contribution in [-0.4, -0.2) is 19.3 Å². The van der Waals surface area contributed by atoms with Crippen LogP contribution in [0.15, 0.2) is 18.2 Å². The van der Waals surface area contributed by atoms with E-state index in [1.165, 1.54) is 6.07 Å². The van der Waals surface area contributed by atoms with E-state index in [9.17, 15) is 25.5 Å². The van der Waals surface area contributed by atoms with Crippen LogP contribution in [0.25, 0.3) is 0 Å². The molecule has 1 aliphatic rings. The van der Waals surface area contributed by atoms with E-state index < -0.39 is 22.1 Å². The van der Waals surface area contributed by atoms with Gasteiger partial charge in [0.25, 0.3) is 0 Å². The minimum absolute atomic E-state index is 0.0718. The molecule has 0 saturated heterocycles. The Hall–Kier alpha value is -1.15. The van der Waals surface area contributed by atoms with E-state index in [1.807, 2.05) is 0 Å². The van der Waals surface area contributed by atoms with E-state index in [1.54, 1.807) is 0 Å². The number of nitrogens with zero attached hydrogens (tertiary/aromatic N) is 1. The molecular weight excluding hydrogens is 274 g/mol. The van der Waals surface area contributed by atoms with Gasteiger partial charge in [0, 0.05) is 13.1 Å². The number of fused-ring (bicyclic) bond motifs is 1.